The van der Waals surface area contributed by atoms with Gasteiger partial charge in [0.25, 0.3) is 5.82 Å². The molecular formula is C45H81N2+. The van der Waals surface area contributed by atoms with Crippen molar-refractivity contribution in [2.24, 2.45) is 0 Å². The summed E-state index contributed by atoms with van der Waals surface area (Å²) in [6.45, 7) is 6.81. The number of aryl methyl sites for hydroxylation is 1. The van der Waals surface area contributed by atoms with Crippen molar-refractivity contribution in [1.82, 2.24) is 4.57 Å². The largest absolute Gasteiger partial charge is 0.256 e. The predicted octanol–water partition coefficient (Wildman–Crippen LogP) is 14.5. The van der Waals surface area contributed by atoms with Crippen LogP contribution in [0.5, 0.6) is 0 Å². The number of hydrogen-bond donors (Lipinski definition) is 0. The lowest BCUT2D eigenvalue weighted by molar-refractivity contribution is -0.695. The van der Waals surface area contributed by atoms with E-state index in [2.05, 4.69) is 65.7 Å². The first-order chi connectivity index (χ1) is 23.3. The van der Waals surface area contributed by atoms with E-state index in [4.69, 9.17) is 0 Å². The highest BCUT2D eigenvalue weighted by Gasteiger charge is 2.17. The van der Waals surface area contributed by atoms with Crippen LogP contribution >= 0.6 is 0 Å². The van der Waals surface area contributed by atoms with Crippen LogP contribution in [0.25, 0.3) is 0 Å². The first-order valence-corrected chi connectivity index (χ1v) is 21.5. The minimum atomic E-state index is 1.00. The van der Waals surface area contributed by atoms with Gasteiger partial charge in [0.05, 0.1) is 6.54 Å². The lowest BCUT2D eigenvalue weighted by Gasteiger charge is -2.07. The Hall–Kier alpha value is -1.57. The number of unbranched alkanes of at least 4 members (excludes halogenated alkanes) is 29. The fourth-order valence-electron chi connectivity index (χ4n) is 7.40. The Morgan fingerprint density at radius 1 is 0.426 bits per heavy atom. The van der Waals surface area contributed by atoms with E-state index in [1.807, 2.05) is 0 Å². The molecule has 2 heteroatoms. The molecular weight excluding hydrogens is 569 g/mol. The monoisotopic (exact) mass is 650 g/mol. The molecule has 270 valence electrons. The van der Waals surface area contributed by atoms with Gasteiger partial charge >= 0.3 is 0 Å². The summed E-state index contributed by atoms with van der Waals surface area (Å²) in [7, 11) is 0. The Labute approximate surface area is 294 Å². The molecule has 1 aromatic carbocycles. The van der Waals surface area contributed by atoms with Crippen molar-refractivity contribution in [3.05, 3.63) is 54.1 Å². The maximum atomic E-state index is 2.59. The highest BCUT2D eigenvalue weighted by atomic mass is 15.1. The maximum absolute atomic E-state index is 2.59. The Bertz CT molecular complexity index is 900. The first kappa shape index (κ1) is 41.6. The van der Waals surface area contributed by atoms with E-state index in [-0.39, 0.29) is 0 Å². The van der Waals surface area contributed by atoms with Gasteiger partial charge in [-0.1, -0.05) is 224 Å². The number of benzene rings is 1. The van der Waals surface area contributed by atoms with Gasteiger partial charge in [-0.25, -0.2) is 9.13 Å². The molecule has 0 aliphatic rings. The summed E-state index contributed by atoms with van der Waals surface area (Å²) in [6, 6.07) is 11.0. The molecule has 0 saturated carbocycles. The van der Waals surface area contributed by atoms with Gasteiger partial charge in [-0.2, -0.15) is 0 Å². The van der Waals surface area contributed by atoms with E-state index >= 15 is 0 Å². The summed E-state index contributed by atoms with van der Waals surface area (Å²) in [5, 5.41) is 0. The average molecular weight is 650 g/mol. The molecule has 0 spiro atoms. The first-order valence-electron chi connectivity index (χ1n) is 21.5. The molecule has 2 aromatic rings. The molecule has 0 aliphatic carbocycles. The highest BCUT2D eigenvalue weighted by molar-refractivity contribution is 5.13. The van der Waals surface area contributed by atoms with Gasteiger partial charge in [-0.3, -0.25) is 0 Å². The summed E-state index contributed by atoms with van der Waals surface area (Å²) in [5.74, 6) is 1.55. The van der Waals surface area contributed by atoms with Crippen LogP contribution in [-0.2, 0) is 19.5 Å². The zero-order valence-corrected chi connectivity index (χ0v) is 32.0. The Balaban J connectivity index is 1.54. The van der Waals surface area contributed by atoms with E-state index in [9.17, 15) is 0 Å². The molecule has 0 atom stereocenters. The molecule has 0 unspecified atom stereocenters. The van der Waals surface area contributed by atoms with Gasteiger partial charge in [0.1, 0.15) is 18.9 Å². The zero-order chi connectivity index (χ0) is 33.3. The molecule has 1 heterocycles. The van der Waals surface area contributed by atoms with Crippen molar-refractivity contribution < 1.29 is 4.57 Å². The van der Waals surface area contributed by atoms with Gasteiger partial charge in [0.15, 0.2) is 0 Å². The predicted molar refractivity (Wildman–Crippen MR) is 208 cm³/mol. The average Bonchev–Trinajstić information content (AvgIpc) is 3.47. The molecule has 47 heavy (non-hydrogen) atoms. The van der Waals surface area contributed by atoms with Gasteiger partial charge < -0.3 is 0 Å². The van der Waals surface area contributed by atoms with E-state index < -0.39 is 0 Å². The van der Waals surface area contributed by atoms with Gasteiger partial charge in [0.2, 0.25) is 0 Å². The molecule has 0 amide bonds. The molecule has 0 aliphatic heterocycles. The van der Waals surface area contributed by atoms with Crippen LogP contribution in [-0.4, -0.2) is 4.57 Å². The third-order valence-electron chi connectivity index (χ3n) is 10.5. The third-order valence-corrected chi connectivity index (χ3v) is 10.5. The van der Waals surface area contributed by atoms with Gasteiger partial charge in [0, 0.05) is 6.42 Å². The minimum absolute atomic E-state index is 1.00. The summed E-state index contributed by atoms with van der Waals surface area (Å²) >= 11 is 0. The fraction of sp³-hybridized carbons (Fsp3) is 0.800. The topological polar surface area (TPSA) is 8.81 Å². The second-order valence-corrected chi connectivity index (χ2v) is 15.0. The van der Waals surface area contributed by atoms with Crippen LogP contribution in [0.3, 0.4) is 0 Å². The number of hydrogen-bond acceptors (Lipinski definition) is 0. The third kappa shape index (κ3) is 23.4. The number of rotatable bonds is 35. The molecule has 1 aromatic heterocycles. The summed E-state index contributed by atoms with van der Waals surface area (Å²) in [5.41, 5.74) is 1.41. The summed E-state index contributed by atoms with van der Waals surface area (Å²) in [4.78, 5) is 0. The Kier molecular flexibility index (Phi) is 28.0. The van der Waals surface area contributed by atoms with Crippen LogP contribution in [0, 0.1) is 0 Å². The van der Waals surface area contributed by atoms with Crippen molar-refractivity contribution in [3.63, 3.8) is 0 Å². The minimum Gasteiger partial charge on any atom is -0.234 e. The Morgan fingerprint density at radius 2 is 0.787 bits per heavy atom. The van der Waals surface area contributed by atoms with Crippen LogP contribution in [0.15, 0.2) is 42.7 Å². The van der Waals surface area contributed by atoms with E-state index in [1.54, 1.807) is 5.82 Å². The van der Waals surface area contributed by atoms with Gasteiger partial charge in [-0.05, 0) is 24.8 Å². The van der Waals surface area contributed by atoms with E-state index in [0.29, 0.717) is 0 Å². The molecule has 2 rings (SSSR count). The highest BCUT2D eigenvalue weighted by Crippen LogP contribution is 2.16. The number of aromatic nitrogens is 2. The quantitative estimate of drug-likeness (QED) is 0.0519. The second-order valence-electron chi connectivity index (χ2n) is 15.0. The van der Waals surface area contributed by atoms with Crippen molar-refractivity contribution in [2.75, 3.05) is 0 Å². The van der Waals surface area contributed by atoms with E-state index in [1.165, 1.54) is 218 Å². The Morgan fingerprint density at radius 3 is 1.19 bits per heavy atom. The summed E-state index contributed by atoms with van der Waals surface area (Å²) in [6.07, 6.45) is 50.4. The van der Waals surface area contributed by atoms with Crippen LogP contribution < -0.4 is 4.57 Å². The van der Waals surface area contributed by atoms with E-state index in [0.717, 1.165) is 6.54 Å². The van der Waals surface area contributed by atoms with Crippen molar-refractivity contribution in [2.45, 2.75) is 232 Å². The SMILES string of the molecule is CCCCCCCCCCCCCCCCCCCn1cc[n+](Cc2ccccc2)c1CCCCCCCCCCCCCCCC. The fourth-order valence-corrected chi connectivity index (χ4v) is 7.40. The standard InChI is InChI=1S/C45H81N2/c1-3-5-7-9-11-13-15-17-19-20-21-23-25-27-29-31-36-40-46-41-42-47(43-44-37-33-32-34-38-44)45(46)39-35-30-28-26-24-22-18-16-14-12-10-8-6-4-2/h32-34,37-38,41-42H,3-31,35-36,39-40,43H2,1-2H3/q+1. The van der Waals surface area contributed by atoms with Crippen molar-refractivity contribution in [1.29, 1.82) is 0 Å². The molecule has 0 bridgehead atoms. The maximum Gasteiger partial charge on any atom is 0.256 e. The molecule has 0 saturated heterocycles. The van der Waals surface area contributed by atoms with Crippen molar-refractivity contribution in [3.8, 4) is 0 Å². The number of nitrogens with zero attached hydrogens (tertiary/aromatic N) is 2. The summed E-state index contributed by atoms with van der Waals surface area (Å²) < 4.78 is 5.13. The van der Waals surface area contributed by atoms with Crippen LogP contribution in [0.4, 0.5) is 0 Å². The smallest absolute Gasteiger partial charge is 0.234 e. The normalized spacial score (nSPS) is 11.5. The molecule has 0 N–H and O–H groups in total. The van der Waals surface area contributed by atoms with Crippen molar-refractivity contribution >= 4 is 0 Å². The lowest BCUT2D eigenvalue weighted by Crippen LogP contribution is -2.37. The zero-order valence-electron chi connectivity index (χ0n) is 32.0. The lowest BCUT2D eigenvalue weighted by atomic mass is 10.0. The van der Waals surface area contributed by atoms with Crippen LogP contribution in [0.1, 0.15) is 224 Å². The van der Waals surface area contributed by atoms with Gasteiger partial charge in [-0.15, -0.1) is 0 Å². The molecule has 0 fully saturated rings. The number of imidazole rings is 1. The van der Waals surface area contributed by atoms with Crippen LogP contribution in [0.2, 0.25) is 0 Å². The molecule has 2 nitrogen and oxygen atoms in total. The second kappa shape index (κ2) is 31.7. The molecule has 0 radical (unpaired) electrons.